The van der Waals surface area contributed by atoms with Gasteiger partial charge in [-0.15, -0.1) is 0 Å². The summed E-state index contributed by atoms with van der Waals surface area (Å²) in [6.45, 7) is 2.25. The fourth-order valence-electron chi connectivity index (χ4n) is 2.83. The van der Waals surface area contributed by atoms with Crippen LogP contribution in [-0.2, 0) is 0 Å². The standard InChI is InChI=1S/C14H21BrN4O/c1-9-4-3-5-11(6-9)19(2)14(20)12-7-10(15)8-17-13(12)18-16/h7-9,11H,3-6,16H2,1-2H3,(H,17,18). The molecule has 0 radical (unpaired) electrons. The van der Waals surface area contributed by atoms with Crippen molar-refractivity contribution >= 4 is 27.7 Å². The first-order valence-corrected chi connectivity index (χ1v) is 7.71. The lowest BCUT2D eigenvalue weighted by molar-refractivity contribution is 0.0673. The molecule has 0 saturated heterocycles. The average Bonchev–Trinajstić information content (AvgIpc) is 2.45. The highest BCUT2D eigenvalue weighted by Gasteiger charge is 2.27. The topological polar surface area (TPSA) is 71.2 Å². The minimum Gasteiger partial charge on any atom is -0.339 e. The number of amides is 1. The Hall–Kier alpha value is -1.14. The molecule has 1 saturated carbocycles. The molecule has 1 aliphatic carbocycles. The summed E-state index contributed by atoms with van der Waals surface area (Å²) in [7, 11) is 1.87. The summed E-state index contributed by atoms with van der Waals surface area (Å²) in [6, 6.07) is 2.06. The maximum absolute atomic E-state index is 12.7. The number of hydrogen-bond acceptors (Lipinski definition) is 4. The molecule has 1 amide bonds. The fraction of sp³-hybridized carbons (Fsp3) is 0.571. The van der Waals surface area contributed by atoms with Crippen LogP contribution < -0.4 is 11.3 Å². The van der Waals surface area contributed by atoms with Crippen LogP contribution in [0.4, 0.5) is 5.82 Å². The molecule has 2 unspecified atom stereocenters. The molecule has 1 aromatic heterocycles. The van der Waals surface area contributed by atoms with Gasteiger partial charge in [0.05, 0.1) is 5.56 Å². The van der Waals surface area contributed by atoms with Crippen molar-refractivity contribution in [2.45, 2.75) is 38.6 Å². The third-order valence-corrected chi connectivity index (χ3v) is 4.43. The van der Waals surface area contributed by atoms with Crippen LogP contribution in [0.15, 0.2) is 16.7 Å². The minimum atomic E-state index is -0.0362. The zero-order chi connectivity index (χ0) is 14.7. The van der Waals surface area contributed by atoms with Gasteiger partial charge in [-0.2, -0.15) is 0 Å². The zero-order valence-electron chi connectivity index (χ0n) is 11.9. The molecule has 2 rings (SSSR count). The lowest BCUT2D eigenvalue weighted by atomic mass is 9.86. The van der Waals surface area contributed by atoms with Crippen LogP contribution in [0.25, 0.3) is 0 Å². The number of hydrogen-bond donors (Lipinski definition) is 2. The molecule has 110 valence electrons. The summed E-state index contributed by atoms with van der Waals surface area (Å²) in [5.74, 6) is 6.49. The van der Waals surface area contributed by atoms with E-state index in [0.717, 1.165) is 17.3 Å². The van der Waals surface area contributed by atoms with Crippen molar-refractivity contribution in [2.75, 3.05) is 12.5 Å². The van der Waals surface area contributed by atoms with E-state index in [2.05, 4.69) is 33.3 Å². The molecule has 2 atom stereocenters. The molecule has 0 aliphatic heterocycles. The molecule has 0 spiro atoms. The van der Waals surface area contributed by atoms with E-state index in [1.54, 1.807) is 12.3 Å². The van der Waals surface area contributed by atoms with Crippen molar-refractivity contribution in [3.63, 3.8) is 0 Å². The molecular weight excluding hydrogens is 320 g/mol. The predicted octanol–water partition coefficient (Wildman–Crippen LogP) is 2.78. The highest BCUT2D eigenvalue weighted by molar-refractivity contribution is 9.10. The Morgan fingerprint density at radius 2 is 2.30 bits per heavy atom. The molecule has 1 aromatic rings. The molecule has 1 aliphatic rings. The quantitative estimate of drug-likeness (QED) is 0.655. The number of nitrogens with zero attached hydrogens (tertiary/aromatic N) is 2. The van der Waals surface area contributed by atoms with Gasteiger partial charge in [-0.25, -0.2) is 10.8 Å². The Balaban J connectivity index is 2.19. The average molecular weight is 341 g/mol. The van der Waals surface area contributed by atoms with Gasteiger partial charge in [0.25, 0.3) is 5.91 Å². The molecule has 1 heterocycles. The summed E-state index contributed by atoms with van der Waals surface area (Å²) in [4.78, 5) is 18.6. The maximum Gasteiger partial charge on any atom is 0.257 e. The van der Waals surface area contributed by atoms with Crippen LogP contribution in [0.2, 0.25) is 0 Å². The van der Waals surface area contributed by atoms with Crippen LogP contribution in [0.1, 0.15) is 43.0 Å². The molecule has 3 N–H and O–H groups in total. The highest BCUT2D eigenvalue weighted by atomic mass is 79.9. The van der Waals surface area contributed by atoms with Gasteiger partial charge in [0.15, 0.2) is 5.82 Å². The van der Waals surface area contributed by atoms with Gasteiger partial charge in [0, 0.05) is 23.8 Å². The number of carbonyl (C=O) groups excluding carboxylic acids is 1. The molecule has 20 heavy (non-hydrogen) atoms. The van der Waals surface area contributed by atoms with E-state index in [4.69, 9.17) is 5.84 Å². The van der Waals surface area contributed by atoms with Gasteiger partial charge >= 0.3 is 0 Å². The number of aromatic nitrogens is 1. The summed E-state index contributed by atoms with van der Waals surface area (Å²) in [6.07, 6.45) is 6.19. The van der Waals surface area contributed by atoms with E-state index in [1.807, 2.05) is 11.9 Å². The summed E-state index contributed by atoms with van der Waals surface area (Å²) in [5.41, 5.74) is 2.99. The van der Waals surface area contributed by atoms with Crippen molar-refractivity contribution in [2.24, 2.45) is 11.8 Å². The van der Waals surface area contributed by atoms with Crippen LogP contribution in [0.3, 0.4) is 0 Å². The number of anilines is 1. The summed E-state index contributed by atoms with van der Waals surface area (Å²) >= 11 is 3.35. The van der Waals surface area contributed by atoms with E-state index < -0.39 is 0 Å². The second-order valence-corrected chi connectivity index (χ2v) is 6.45. The molecule has 0 aromatic carbocycles. The number of nitrogens with two attached hydrogens (primary N) is 1. The van der Waals surface area contributed by atoms with Crippen molar-refractivity contribution in [1.29, 1.82) is 0 Å². The molecular formula is C14H21BrN4O. The Labute approximate surface area is 128 Å². The Morgan fingerprint density at radius 3 is 2.95 bits per heavy atom. The molecule has 0 bridgehead atoms. The smallest absolute Gasteiger partial charge is 0.257 e. The number of halogens is 1. The zero-order valence-corrected chi connectivity index (χ0v) is 13.5. The third-order valence-electron chi connectivity index (χ3n) is 4.00. The van der Waals surface area contributed by atoms with Gasteiger partial charge in [-0.3, -0.25) is 4.79 Å². The van der Waals surface area contributed by atoms with E-state index in [0.29, 0.717) is 23.3 Å². The first kappa shape index (κ1) is 15.3. The van der Waals surface area contributed by atoms with Crippen LogP contribution >= 0.6 is 15.9 Å². The number of rotatable bonds is 3. The number of pyridine rings is 1. The minimum absolute atomic E-state index is 0.0362. The van der Waals surface area contributed by atoms with Crippen LogP contribution in [-0.4, -0.2) is 28.9 Å². The van der Waals surface area contributed by atoms with Gasteiger partial charge in [0.1, 0.15) is 0 Å². The summed E-state index contributed by atoms with van der Waals surface area (Å²) in [5, 5.41) is 0. The SMILES string of the molecule is CC1CCCC(N(C)C(=O)c2cc(Br)cnc2NN)C1. The summed E-state index contributed by atoms with van der Waals surface area (Å²) < 4.78 is 0.769. The normalized spacial score (nSPS) is 22.4. The molecule has 1 fully saturated rings. The van der Waals surface area contributed by atoms with Crippen LogP contribution in [0, 0.1) is 5.92 Å². The van der Waals surface area contributed by atoms with Gasteiger partial charge in [-0.05, 0) is 40.8 Å². The first-order chi connectivity index (χ1) is 9.52. The van der Waals surface area contributed by atoms with Crippen molar-refractivity contribution in [3.05, 3.63) is 22.3 Å². The largest absolute Gasteiger partial charge is 0.339 e. The maximum atomic E-state index is 12.7. The lowest BCUT2D eigenvalue weighted by Gasteiger charge is -2.34. The predicted molar refractivity (Wildman–Crippen MR) is 83.3 cm³/mol. The monoisotopic (exact) mass is 340 g/mol. The van der Waals surface area contributed by atoms with Crippen molar-refractivity contribution in [3.8, 4) is 0 Å². The van der Waals surface area contributed by atoms with E-state index in [1.165, 1.54) is 12.8 Å². The Bertz CT molecular complexity index is 494. The number of nitrogen functional groups attached to an aromatic ring is 1. The van der Waals surface area contributed by atoms with Crippen molar-refractivity contribution < 1.29 is 4.79 Å². The third kappa shape index (κ3) is 3.30. The number of nitrogens with one attached hydrogen (secondary N) is 1. The van der Waals surface area contributed by atoms with E-state index in [-0.39, 0.29) is 5.91 Å². The molecule has 5 nitrogen and oxygen atoms in total. The lowest BCUT2D eigenvalue weighted by Crippen LogP contribution is -2.40. The van der Waals surface area contributed by atoms with Gasteiger partial charge in [0.2, 0.25) is 0 Å². The highest BCUT2D eigenvalue weighted by Crippen LogP contribution is 2.28. The van der Waals surface area contributed by atoms with E-state index in [9.17, 15) is 4.79 Å². The van der Waals surface area contributed by atoms with Gasteiger partial charge in [-0.1, -0.05) is 19.8 Å². The molecule has 6 heteroatoms. The van der Waals surface area contributed by atoms with Crippen molar-refractivity contribution in [1.82, 2.24) is 9.88 Å². The van der Waals surface area contributed by atoms with Gasteiger partial charge < -0.3 is 10.3 Å². The fourth-order valence-corrected chi connectivity index (χ4v) is 3.16. The first-order valence-electron chi connectivity index (χ1n) is 6.92. The Kier molecular flexibility index (Phi) is 4.99. The number of carbonyl (C=O) groups is 1. The van der Waals surface area contributed by atoms with E-state index >= 15 is 0 Å². The van der Waals surface area contributed by atoms with Crippen LogP contribution in [0.5, 0.6) is 0 Å². The second kappa shape index (κ2) is 6.54. The number of hydrazine groups is 1. The second-order valence-electron chi connectivity index (χ2n) is 5.54. The Morgan fingerprint density at radius 1 is 1.55 bits per heavy atom.